The molecule has 62 heavy (non-hydrogen) atoms. The van der Waals surface area contributed by atoms with Gasteiger partial charge in [0, 0.05) is 0 Å². The van der Waals surface area contributed by atoms with Crippen LogP contribution in [0.25, 0.3) is 0 Å². The van der Waals surface area contributed by atoms with Crippen molar-refractivity contribution in [2.24, 2.45) is 0 Å². The summed E-state index contributed by atoms with van der Waals surface area (Å²) in [7, 11) is 1.00. The zero-order chi connectivity index (χ0) is 46.3. The van der Waals surface area contributed by atoms with Crippen LogP contribution in [0.5, 0.6) is 17.2 Å². The minimum absolute atomic E-state index is 0.000166. The van der Waals surface area contributed by atoms with Gasteiger partial charge in [-0.05, 0) is 118 Å². The Bertz CT molecular complexity index is 1770. The van der Waals surface area contributed by atoms with E-state index in [9.17, 15) is 5.11 Å². The van der Waals surface area contributed by atoms with Gasteiger partial charge in [-0.15, -0.1) is 0 Å². The van der Waals surface area contributed by atoms with Crippen molar-refractivity contribution in [3.63, 3.8) is 0 Å². The number of aliphatic hydroxyl groups is 1. The predicted molar refractivity (Wildman–Crippen MR) is 260 cm³/mol. The first-order valence-electron chi connectivity index (χ1n) is 22.3. The number of benzene rings is 2. The largest absolute Gasteiger partial charge is 0.497 e. The first-order chi connectivity index (χ1) is 29.0. The Morgan fingerprint density at radius 2 is 1.47 bits per heavy atom. The van der Waals surface area contributed by atoms with Crippen LogP contribution in [0, 0.1) is 0 Å². The molecule has 0 bridgehead atoms. The van der Waals surface area contributed by atoms with E-state index in [-0.39, 0.29) is 35.0 Å². The third kappa shape index (κ3) is 17.5. The minimum Gasteiger partial charge on any atom is -0.497 e. The van der Waals surface area contributed by atoms with E-state index in [2.05, 4.69) is 106 Å². The van der Waals surface area contributed by atoms with Crippen molar-refractivity contribution in [1.82, 2.24) is 0 Å². The summed E-state index contributed by atoms with van der Waals surface area (Å²) in [5.74, 6) is 2.06. The molecule has 0 aromatic heterocycles. The molecule has 348 valence electrons. The van der Waals surface area contributed by atoms with Crippen molar-refractivity contribution >= 4 is 16.6 Å². The van der Waals surface area contributed by atoms with Gasteiger partial charge in [-0.2, -0.15) is 0 Å². The van der Waals surface area contributed by atoms with Gasteiger partial charge in [0.25, 0.3) is 0 Å². The summed E-state index contributed by atoms with van der Waals surface area (Å²) in [5, 5.41) is 11.9. The summed E-state index contributed by atoms with van der Waals surface area (Å²) < 4.78 is 48.8. The summed E-state index contributed by atoms with van der Waals surface area (Å²) in [6.45, 7) is 33.0. The lowest BCUT2D eigenvalue weighted by Crippen LogP contribution is -2.43. The van der Waals surface area contributed by atoms with Crippen molar-refractivity contribution in [3.8, 4) is 17.2 Å². The van der Waals surface area contributed by atoms with E-state index in [1.165, 1.54) is 11.1 Å². The molecule has 0 spiro atoms. The smallest absolute Gasteiger partial charge is 0.192 e. The molecule has 2 aromatic carbocycles. The number of ether oxygens (including phenoxy) is 6. The molecular weight excluding hydrogens is 813 g/mol. The summed E-state index contributed by atoms with van der Waals surface area (Å²) in [6, 6.07) is 13.4. The van der Waals surface area contributed by atoms with Crippen molar-refractivity contribution < 1.29 is 42.4 Å². The lowest BCUT2D eigenvalue weighted by Gasteiger charge is -2.39. The van der Waals surface area contributed by atoms with E-state index in [0.29, 0.717) is 37.7 Å². The van der Waals surface area contributed by atoms with Crippen LogP contribution in [0.3, 0.4) is 0 Å². The van der Waals surface area contributed by atoms with E-state index in [0.717, 1.165) is 48.1 Å². The molecule has 5 atom stereocenters. The van der Waals surface area contributed by atoms with Crippen LogP contribution < -0.4 is 14.2 Å². The SMILES string of the molecule is C=C1C[C@@H](C/C=C/[C@@H](C/C(C)=C\CO[Si](C)(C)C(C)(C)C)O[Si](C)(C)C(C)(C)C)O[C@@H](/C=C(\C)C[C@@H](O)[C@@H](COCc2ccc(OC)c(OC)c2)OCc2ccc(OC)cc2)C1. The van der Waals surface area contributed by atoms with Gasteiger partial charge < -0.3 is 42.4 Å². The molecule has 1 heterocycles. The summed E-state index contributed by atoms with van der Waals surface area (Å²) >= 11 is 0. The molecule has 11 heteroatoms. The first kappa shape index (κ1) is 53.3. The van der Waals surface area contributed by atoms with Crippen molar-refractivity contribution in [1.29, 1.82) is 0 Å². The Labute approximate surface area is 378 Å². The lowest BCUT2D eigenvalue weighted by molar-refractivity contribution is -0.0887. The van der Waals surface area contributed by atoms with Gasteiger partial charge in [-0.25, -0.2) is 0 Å². The minimum atomic E-state index is -2.04. The zero-order valence-electron chi connectivity index (χ0n) is 41.0. The lowest BCUT2D eigenvalue weighted by atomic mass is 9.95. The maximum Gasteiger partial charge on any atom is 0.192 e. The molecular formula is C51H82O9Si2. The highest BCUT2D eigenvalue weighted by molar-refractivity contribution is 6.74. The van der Waals surface area contributed by atoms with Gasteiger partial charge >= 0.3 is 0 Å². The molecule has 1 saturated heterocycles. The molecule has 3 rings (SSSR count). The second-order valence-corrected chi connectivity index (χ2v) is 29.6. The zero-order valence-corrected chi connectivity index (χ0v) is 43.0. The van der Waals surface area contributed by atoms with Crippen LogP contribution in [0.2, 0.25) is 36.3 Å². The normalized spacial score (nSPS) is 18.8. The Kier molecular flexibility index (Phi) is 20.9. The third-order valence-electron chi connectivity index (χ3n) is 12.6. The van der Waals surface area contributed by atoms with Crippen LogP contribution in [-0.4, -0.2) is 86.8 Å². The Balaban J connectivity index is 1.68. The van der Waals surface area contributed by atoms with Crippen LogP contribution in [0.15, 0.2) is 90.1 Å². The summed E-state index contributed by atoms with van der Waals surface area (Å²) in [6.07, 6.45) is 10.9. The van der Waals surface area contributed by atoms with Crippen molar-refractivity contribution in [2.75, 3.05) is 34.5 Å². The van der Waals surface area contributed by atoms with Gasteiger partial charge in [-0.3, -0.25) is 0 Å². The maximum absolute atomic E-state index is 11.6. The Hall–Kier alpha value is -3.01. The number of aliphatic hydroxyl groups excluding tert-OH is 1. The second kappa shape index (κ2) is 24.3. The van der Waals surface area contributed by atoms with E-state index >= 15 is 0 Å². The molecule has 1 N–H and O–H groups in total. The molecule has 0 unspecified atom stereocenters. The highest BCUT2D eigenvalue weighted by Crippen LogP contribution is 2.39. The quantitative estimate of drug-likeness (QED) is 0.0816. The monoisotopic (exact) mass is 895 g/mol. The third-order valence-corrected chi connectivity index (χ3v) is 21.6. The van der Waals surface area contributed by atoms with E-state index in [4.69, 9.17) is 37.3 Å². The fourth-order valence-electron chi connectivity index (χ4n) is 6.67. The van der Waals surface area contributed by atoms with Gasteiger partial charge in [0.1, 0.15) is 11.9 Å². The topological polar surface area (TPSA) is 94.1 Å². The fourth-order valence-corrected chi connectivity index (χ4v) is 8.88. The molecule has 1 aliphatic heterocycles. The Morgan fingerprint density at radius 3 is 2.08 bits per heavy atom. The molecule has 9 nitrogen and oxygen atoms in total. The predicted octanol–water partition coefficient (Wildman–Crippen LogP) is 12.3. The molecule has 0 radical (unpaired) electrons. The molecule has 1 aliphatic rings. The summed E-state index contributed by atoms with van der Waals surface area (Å²) in [5.41, 5.74) is 5.37. The summed E-state index contributed by atoms with van der Waals surface area (Å²) in [4.78, 5) is 0. The van der Waals surface area contributed by atoms with E-state index in [1.807, 2.05) is 49.4 Å². The van der Waals surface area contributed by atoms with Gasteiger partial charge in [0.05, 0.1) is 72.2 Å². The highest BCUT2D eigenvalue weighted by Gasteiger charge is 2.39. The van der Waals surface area contributed by atoms with Gasteiger partial charge in [0.2, 0.25) is 0 Å². The van der Waals surface area contributed by atoms with E-state index < -0.39 is 28.8 Å². The first-order valence-corrected chi connectivity index (χ1v) is 28.1. The fraction of sp³-hybridized carbons (Fsp3) is 0.608. The van der Waals surface area contributed by atoms with Crippen molar-refractivity contribution in [2.45, 2.75) is 167 Å². The number of rotatable bonds is 24. The number of methoxy groups -OCH3 is 3. The average Bonchev–Trinajstić information content (AvgIpc) is 3.17. The van der Waals surface area contributed by atoms with Crippen LogP contribution in [0.4, 0.5) is 0 Å². The second-order valence-electron chi connectivity index (χ2n) is 20.0. The highest BCUT2D eigenvalue weighted by atomic mass is 28.4. The van der Waals surface area contributed by atoms with Gasteiger partial charge in [-0.1, -0.05) is 107 Å². The number of hydrogen-bond donors (Lipinski definition) is 1. The van der Waals surface area contributed by atoms with Crippen molar-refractivity contribution in [3.05, 3.63) is 101 Å². The molecule has 2 aromatic rings. The number of hydrogen-bond acceptors (Lipinski definition) is 9. The van der Waals surface area contributed by atoms with E-state index in [1.54, 1.807) is 21.3 Å². The van der Waals surface area contributed by atoms with Crippen LogP contribution in [0.1, 0.15) is 98.6 Å². The maximum atomic E-state index is 11.6. The standard InChI is InChI=1S/C51H82O9Si2/c1-37(26-27-58-61(13,14)50(4,5)6)28-44(60-62(15,16)51(7,8)9)19-17-18-43-29-38(2)30-45(59-43)31-39(3)32-46(52)49(57-35-40-20-23-42(53-10)24-21-40)36-56-34-41-22-25-47(54-11)48(33-41)55-12/h17,19-26,31,33,43-46,49,52H,2,18,27-30,32,34-36H2,1,3-16H3/b19-17+,37-26-,39-31+/t43-,44+,45-,46-,49-/m1/s1. The van der Waals surface area contributed by atoms with Crippen LogP contribution in [-0.2, 0) is 36.3 Å². The molecule has 0 saturated carbocycles. The van der Waals surface area contributed by atoms with Gasteiger partial charge in [0.15, 0.2) is 28.1 Å². The van der Waals surface area contributed by atoms with Crippen LogP contribution >= 0.6 is 0 Å². The Morgan fingerprint density at radius 1 is 0.823 bits per heavy atom. The average molecular weight is 895 g/mol. The molecule has 1 fully saturated rings. The molecule has 0 amide bonds. The molecule has 0 aliphatic carbocycles.